The predicted molar refractivity (Wildman–Crippen MR) is 94.0 cm³/mol. The van der Waals surface area contributed by atoms with E-state index < -0.39 is 6.10 Å². The van der Waals surface area contributed by atoms with Crippen LogP contribution in [-0.2, 0) is 9.59 Å². The van der Waals surface area contributed by atoms with Gasteiger partial charge in [-0.1, -0.05) is 12.1 Å². The van der Waals surface area contributed by atoms with Crippen LogP contribution in [0.2, 0.25) is 0 Å². The minimum Gasteiger partial charge on any atom is -0.479 e. The Labute approximate surface area is 145 Å². The lowest BCUT2D eigenvalue weighted by atomic mass is 10.1. The molecule has 0 aliphatic carbocycles. The molecule has 0 spiro atoms. The molecule has 1 aliphatic heterocycles. The fraction of sp³-hybridized carbons (Fsp3) is 0.211. The largest absolute Gasteiger partial charge is 0.479 e. The Hall–Kier alpha value is -3.15. The van der Waals surface area contributed by atoms with Crippen molar-refractivity contribution in [2.45, 2.75) is 20.0 Å². The number of ketones is 1. The van der Waals surface area contributed by atoms with Gasteiger partial charge in [0.15, 0.2) is 11.9 Å². The van der Waals surface area contributed by atoms with E-state index in [1.54, 1.807) is 49.4 Å². The Kier molecular flexibility index (Phi) is 4.52. The highest BCUT2D eigenvalue weighted by Crippen LogP contribution is 2.33. The van der Waals surface area contributed by atoms with E-state index in [1.165, 1.54) is 11.8 Å². The monoisotopic (exact) mass is 338 g/mol. The van der Waals surface area contributed by atoms with Crippen LogP contribution in [0, 0.1) is 0 Å². The molecular formula is C19H18N2O4. The Morgan fingerprint density at radius 3 is 2.48 bits per heavy atom. The van der Waals surface area contributed by atoms with Gasteiger partial charge in [0.05, 0.1) is 5.69 Å². The molecule has 6 heteroatoms. The summed E-state index contributed by atoms with van der Waals surface area (Å²) in [5.41, 5.74) is 1.72. The summed E-state index contributed by atoms with van der Waals surface area (Å²) in [6, 6.07) is 13.7. The molecule has 6 nitrogen and oxygen atoms in total. The van der Waals surface area contributed by atoms with Gasteiger partial charge in [-0.05, 0) is 50.2 Å². The van der Waals surface area contributed by atoms with Crippen LogP contribution >= 0.6 is 0 Å². The number of carbonyl (C=O) groups excluding carboxylic acids is 3. The lowest BCUT2D eigenvalue weighted by Gasteiger charge is -2.32. The van der Waals surface area contributed by atoms with Crippen molar-refractivity contribution < 1.29 is 19.1 Å². The average molecular weight is 338 g/mol. The molecule has 3 rings (SSSR count). The lowest BCUT2D eigenvalue weighted by Crippen LogP contribution is -2.47. The molecule has 0 bridgehead atoms. The summed E-state index contributed by atoms with van der Waals surface area (Å²) in [6.07, 6.45) is -0.641. The Morgan fingerprint density at radius 1 is 1.12 bits per heavy atom. The number of ether oxygens (including phenoxy) is 1. The van der Waals surface area contributed by atoms with Crippen molar-refractivity contribution in [2.24, 2.45) is 0 Å². The van der Waals surface area contributed by atoms with Gasteiger partial charge in [-0.15, -0.1) is 0 Å². The van der Waals surface area contributed by atoms with E-state index >= 15 is 0 Å². The van der Waals surface area contributed by atoms with E-state index in [0.29, 0.717) is 22.7 Å². The van der Waals surface area contributed by atoms with Crippen molar-refractivity contribution in [3.05, 3.63) is 54.1 Å². The summed E-state index contributed by atoms with van der Waals surface area (Å²) in [5, 5.41) is 2.74. The van der Waals surface area contributed by atoms with Gasteiger partial charge in [0.2, 0.25) is 5.91 Å². The lowest BCUT2D eigenvalue weighted by molar-refractivity contribution is -0.127. The summed E-state index contributed by atoms with van der Waals surface area (Å²) >= 11 is 0. The second-order valence-corrected chi connectivity index (χ2v) is 5.83. The van der Waals surface area contributed by atoms with E-state index in [0.717, 1.165) is 0 Å². The van der Waals surface area contributed by atoms with Gasteiger partial charge < -0.3 is 10.1 Å². The van der Waals surface area contributed by atoms with Gasteiger partial charge >= 0.3 is 0 Å². The van der Waals surface area contributed by atoms with Crippen LogP contribution in [-0.4, -0.2) is 30.2 Å². The van der Waals surface area contributed by atoms with E-state index in [4.69, 9.17) is 4.74 Å². The van der Waals surface area contributed by atoms with Crippen molar-refractivity contribution in [3.8, 4) is 5.75 Å². The number of carbonyl (C=O) groups is 3. The average Bonchev–Trinajstić information content (AvgIpc) is 2.59. The molecular weight excluding hydrogens is 320 g/mol. The summed E-state index contributed by atoms with van der Waals surface area (Å²) in [7, 11) is 0. The zero-order chi connectivity index (χ0) is 18.0. The Bertz CT molecular complexity index is 830. The van der Waals surface area contributed by atoms with Crippen LogP contribution in [0.25, 0.3) is 0 Å². The molecule has 0 unspecified atom stereocenters. The Balaban J connectivity index is 1.74. The zero-order valence-corrected chi connectivity index (χ0v) is 14.0. The van der Waals surface area contributed by atoms with Crippen LogP contribution in [0.4, 0.5) is 11.4 Å². The number of nitrogens with zero attached hydrogens (tertiary/aromatic N) is 1. The number of benzene rings is 2. The third-order valence-corrected chi connectivity index (χ3v) is 3.95. The molecule has 0 saturated carbocycles. The number of anilines is 2. The first-order valence-electron chi connectivity index (χ1n) is 7.93. The maximum absolute atomic E-state index is 12.4. The first kappa shape index (κ1) is 16.7. The quantitative estimate of drug-likeness (QED) is 0.870. The molecule has 128 valence electrons. The summed E-state index contributed by atoms with van der Waals surface area (Å²) in [6.45, 7) is 3.03. The van der Waals surface area contributed by atoms with Gasteiger partial charge in [0, 0.05) is 11.3 Å². The van der Waals surface area contributed by atoms with E-state index in [1.807, 2.05) is 6.07 Å². The molecule has 2 aromatic carbocycles. The molecule has 0 fully saturated rings. The normalized spacial score (nSPS) is 16.0. The van der Waals surface area contributed by atoms with Crippen LogP contribution in [0.5, 0.6) is 5.75 Å². The molecule has 0 aromatic heterocycles. The van der Waals surface area contributed by atoms with Crippen molar-refractivity contribution in [3.63, 3.8) is 0 Å². The molecule has 1 atom stereocenters. The van der Waals surface area contributed by atoms with Gasteiger partial charge in [0.1, 0.15) is 12.3 Å². The highest BCUT2D eigenvalue weighted by molar-refractivity contribution is 6.06. The van der Waals surface area contributed by atoms with Crippen molar-refractivity contribution in [1.82, 2.24) is 0 Å². The number of para-hydroxylation sites is 2. The molecule has 2 amide bonds. The number of hydrogen-bond acceptors (Lipinski definition) is 4. The Morgan fingerprint density at radius 2 is 1.80 bits per heavy atom. The number of hydrogen-bond donors (Lipinski definition) is 1. The van der Waals surface area contributed by atoms with Crippen LogP contribution in [0.3, 0.4) is 0 Å². The van der Waals surface area contributed by atoms with Crippen molar-refractivity contribution >= 4 is 29.0 Å². The van der Waals surface area contributed by atoms with E-state index in [-0.39, 0.29) is 24.1 Å². The standard InChI is InChI=1S/C19H18N2O4/c1-12(22)14-7-9-15(10-8-14)20-18(23)11-21-16-5-3-4-6-17(16)25-13(2)19(21)24/h3-10,13H,11H2,1-2H3,(H,20,23)/t13-/m1/s1. The van der Waals surface area contributed by atoms with E-state index in [9.17, 15) is 14.4 Å². The fourth-order valence-electron chi connectivity index (χ4n) is 2.65. The molecule has 25 heavy (non-hydrogen) atoms. The van der Waals surface area contributed by atoms with Gasteiger partial charge in [-0.25, -0.2) is 0 Å². The number of fused-ring (bicyclic) bond motifs is 1. The van der Waals surface area contributed by atoms with Gasteiger partial charge in [-0.3, -0.25) is 19.3 Å². The number of Topliss-reactive ketones (excluding diaryl/α,β-unsaturated/α-hetero) is 1. The van der Waals surface area contributed by atoms with Crippen molar-refractivity contribution in [2.75, 3.05) is 16.8 Å². The van der Waals surface area contributed by atoms with Crippen molar-refractivity contribution in [1.29, 1.82) is 0 Å². The molecule has 1 heterocycles. The minimum atomic E-state index is -0.641. The number of amides is 2. The fourth-order valence-corrected chi connectivity index (χ4v) is 2.65. The SMILES string of the molecule is CC(=O)c1ccc(NC(=O)CN2C(=O)[C@@H](C)Oc3ccccc32)cc1. The third-order valence-electron chi connectivity index (χ3n) is 3.95. The number of rotatable bonds is 4. The van der Waals surface area contributed by atoms with Crippen LogP contribution < -0.4 is 15.0 Å². The first-order valence-corrected chi connectivity index (χ1v) is 7.93. The number of nitrogens with one attached hydrogen (secondary N) is 1. The molecule has 0 radical (unpaired) electrons. The minimum absolute atomic E-state index is 0.0395. The van der Waals surface area contributed by atoms with Crippen LogP contribution in [0.1, 0.15) is 24.2 Å². The molecule has 2 aromatic rings. The van der Waals surface area contributed by atoms with Gasteiger partial charge in [0.25, 0.3) is 5.91 Å². The zero-order valence-electron chi connectivity index (χ0n) is 14.0. The molecule has 1 N–H and O–H groups in total. The molecule has 0 saturated heterocycles. The topological polar surface area (TPSA) is 75.7 Å². The smallest absolute Gasteiger partial charge is 0.268 e. The third kappa shape index (κ3) is 3.52. The maximum atomic E-state index is 12.4. The predicted octanol–water partition coefficient (Wildman–Crippen LogP) is 2.64. The van der Waals surface area contributed by atoms with Gasteiger partial charge in [-0.2, -0.15) is 0 Å². The molecule has 1 aliphatic rings. The van der Waals surface area contributed by atoms with E-state index in [2.05, 4.69) is 5.32 Å². The van der Waals surface area contributed by atoms with Crippen LogP contribution in [0.15, 0.2) is 48.5 Å². The first-order chi connectivity index (χ1) is 12.0. The highest BCUT2D eigenvalue weighted by Gasteiger charge is 2.32. The summed E-state index contributed by atoms with van der Waals surface area (Å²) < 4.78 is 5.55. The second-order valence-electron chi connectivity index (χ2n) is 5.83. The summed E-state index contributed by atoms with van der Waals surface area (Å²) in [5.74, 6) is -0.0517. The second kappa shape index (κ2) is 6.76. The summed E-state index contributed by atoms with van der Waals surface area (Å²) in [4.78, 5) is 37.4. The maximum Gasteiger partial charge on any atom is 0.268 e. The highest BCUT2D eigenvalue weighted by atomic mass is 16.5.